The Morgan fingerprint density at radius 2 is 1.91 bits per heavy atom. The smallest absolute Gasteiger partial charge is 0.407 e. The van der Waals surface area contributed by atoms with E-state index in [4.69, 9.17) is 16.3 Å². The lowest BCUT2D eigenvalue weighted by Gasteiger charge is -2.37. The van der Waals surface area contributed by atoms with Crippen LogP contribution in [0.15, 0.2) is 30.3 Å². The van der Waals surface area contributed by atoms with Gasteiger partial charge in [0.05, 0.1) is 5.56 Å². The van der Waals surface area contributed by atoms with Crippen molar-refractivity contribution < 1.29 is 9.53 Å². The Morgan fingerprint density at radius 3 is 2.56 bits per heavy atom. The fourth-order valence-electron chi connectivity index (χ4n) is 4.70. The molecule has 34 heavy (non-hydrogen) atoms. The predicted octanol–water partition coefficient (Wildman–Crippen LogP) is 4.66. The maximum atomic E-state index is 12.1. The molecule has 2 aliphatic rings. The van der Waals surface area contributed by atoms with Crippen molar-refractivity contribution in [3.8, 4) is 6.07 Å². The number of nitrogens with one attached hydrogen (secondary N) is 1. The fraction of sp³-hybridized carbons (Fsp3) is 0.500. The van der Waals surface area contributed by atoms with E-state index in [1.807, 2.05) is 39.0 Å². The quantitative estimate of drug-likeness (QED) is 0.639. The summed E-state index contributed by atoms with van der Waals surface area (Å²) in [7, 11) is 0. The molecule has 1 fully saturated rings. The number of aromatic nitrogens is 1. The minimum absolute atomic E-state index is 0.0668. The summed E-state index contributed by atoms with van der Waals surface area (Å²) < 4.78 is 5.39. The zero-order valence-electron chi connectivity index (χ0n) is 20.1. The second kappa shape index (κ2) is 10.2. The van der Waals surface area contributed by atoms with Gasteiger partial charge in [-0.15, -0.1) is 0 Å². The summed E-state index contributed by atoms with van der Waals surface area (Å²) in [5.41, 5.74) is 3.35. The van der Waals surface area contributed by atoms with Gasteiger partial charge in [-0.2, -0.15) is 5.26 Å². The number of rotatable bonds is 4. The van der Waals surface area contributed by atoms with E-state index >= 15 is 0 Å². The minimum Gasteiger partial charge on any atom is -0.444 e. The first-order valence-electron chi connectivity index (χ1n) is 11.9. The van der Waals surface area contributed by atoms with Crippen molar-refractivity contribution in [2.45, 2.75) is 64.8 Å². The number of ether oxygens (including phenoxy) is 1. The number of carbonyl (C=O) groups excluding carboxylic acids is 1. The third-order valence-corrected chi connectivity index (χ3v) is 6.56. The average Bonchev–Trinajstić information content (AvgIpc) is 2.78. The van der Waals surface area contributed by atoms with Gasteiger partial charge >= 0.3 is 6.09 Å². The summed E-state index contributed by atoms with van der Waals surface area (Å²) >= 11 is 6.50. The number of hydrogen-bond acceptors (Lipinski definition) is 6. The maximum absolute atomic E-state index is 12.1. The standard InChI is InChI=1S/C26H32ClN5O2/c1-26(2,3)34-25(33)29-19-9-13-32(14-10-19)24-20-11-12-31(16-18-7-5-4-6-8-18)17-22(20)21(15-28)23(27)30-24/h4-8,19H,9-14,16-17H2,1-3H3,(H,29,33). The maximum Gasteiger partial charge on any atom is 0.407 e. The van der Waals surface area contributed by atoms with Crippen molar-refractivity contribution in [2.24, 2.45) is 0 Å². The first-order valence-corrected chi connectivity index (χ1v) is 12.2. The highest BCUT2D eigenvalue weighted by atomic mass is 35.5. The van der Waals surface area contributed by atoms with Crippen molar-refractivity contribution >= 4 is 23.5 Å². The molecule has 2 aliphatic heterocycles. The molecule has 8 heteroatoms. The van der Waals surface area contributed by atoms with E-state index in [1.54, 1.807) is 0 Å². The number of anilines is 1. The zero-order chi connectivity index (χ0) is 24.3. The van der Waals surface area contributed by atoms with Crippen molar-refractivity contribution in [1.82, 2.24) is 15.2 Å². The molecule has 0 bridgehead atoms. The number of pyridine rings is 1. The Balaban J connectivity index is 1.47. The molecular weight excluding hydrogens is 450 g/mol. The van der Waals surface area contributed by atoms with Gasteiger partial charge in [0.15, 0.2) is 0 Å². The molecule has 0 saturated carbocycles. The third kappa shape index (κ3) is 5.81. The lowest BCUT2D eigenvalue weighted by molar-refractivity contribution is 0.0497. The molecule has 0 aliphatic carbocycles. The predicted molar refractivity (Wildman–Crippen MR) is 133 cm³/mol. The van der Waals surface area contributed by atoms with E-state index in [-0.39, 0.29) is 17.3 Å². The number of halogens is 1. The highest BCUT2D eigenvalue weighted by molar-refractivity contribution is 6.30. The van der Waals surface area contributed by atoms with Gasteiger partial charge in [-0.05, 0) is 51.2 Å². The Labute approximate surface area is 206 Å². The normalized spacial score (nSPS) is 17.1. The topological polar surface area (TPSA) is 81.5 Å². The van der Waals surface area contributed by atoms with E-state index in [9.17, 15) is 10.1 Å². The van der Waals surface area contributed by atoms with Crippen LogP contribution >= 0.6 is 11.6 Å². The summed E-state index contributed by atoms with van der Waals surface area (Å²) in [6.45, 7) is 9.52. The van der Waals surface area contributed by atoms with Gasteiger partial charge in [0.2, 0.25) is 0 Å². The Bertz CT molecular complexity index is 1070. The van der Waals surface area contributed by atoms with Crippen LogP contribution in [0, 0.1) is 11.3 Å². The molecule has 0 spiro atoms. The van der Waals surface area contributed by atoms with Crippen LogP contribution < -0.4 is 10.2 Å². The van der Waals surface area contributed by atoms with Crippen LogP contribution in [-0.4, -0.2) is 47.3 Å². The largest absolute Gasteiger partial charge is 0.444 e. The number of carbonyl (C=O) groups is 1. The van der Waals surface area contributed by atoms with Crippen LogP contribution in [0.25, 0.3) is 0 Å². The van der Waals surface area contributed by atoms with Crippen molar-refractivity contribution in [3.63, 3.8) is 0 Å². The van der Waals surface area contributed by atoms with Crippen LogP contribution in [0.4, 0.5) is 10.6 Å². The molecule has 7 nitrogen and oxygen atoms in total. The van der Waals surface area contributed by atoms with Gasteiger partial charge in [-0.3, -0.25) is 4.90 Å². The Kier molecular flexibility index (Phi) is 7.30. The lowest BCUT2D eigenvalue weighted by Crippen LogP contribution is -2.46. The van der Waals surface area contributed by atoms with Crippen molar-refractivity contribution in [1.29, 1.82) is 5.26 Å². The highest BCUT2D eigenvalue weighted by Gasteiger charge is 2.30. The molecule has 0 unspecified atom stereocenters. The number of benzene rings is 1. The zero-order valence-corrected chi connectivity index (χ0v) is 20.9. The lowest BCUT2D eigenvalue weighted by atomic mass is 9.95. The first-order chi connectivity index (χ1) is 16.2. The summed E-state index contributed by atoms with van der Waals surface area (Å²) in [6, 6.07) is 12.7. The van der Waals surface area contributed by atoms with Crippen LogP contribution in [0.2, 0.25) is 5.15 Å². The van der Waals surface area contributed by atoms with E-state index in [0.717, 1.165) is 62.4 Å². The summed E-state index contributed by atoms with van der Waals surface area (Å²) in [5.74, 6) is 0.883. The van der Waals surface area contributed by atoms with E-state index < -0.39 is 5.60 Å². The number of amides is 1. The molecule has 4 rings (SSSR count). The van der Waals surface area contributed by atoms with Gasteiger partial charge in [-0.1, -0.05) is 41.9 Å². The first kappa shape index (κ1) is 24.3. The van der Waals surface area contributed by atoms with Gasteiger partial charge in [0.25, 0.3) is 0 Å². The highest BCUT2D eigenvalue weighted by Crippen LogP contribution is 2.35. The molecule has 0 atom stereocenters. The molecule has 1 saturated heterocycles. The summed E-state index contributed by atoms with van der Waals surface area (Å²) in [4.78, 5) is 21.4. The van der Waals surface area contributed by atoms with Gasteiger partial charge in [-0.25, -0.2) is 9.78 Å². The third-order valence-electron chi connectivity index (χ3n) is 6.28. The molecular formula is C26H32ClN5O2. The van der Waals surface area contributed by atoms with E-state index in [1.165, 1.54) is 5.56 Å². The molecule has 1 amide bonds. The van der Waals surface area contributed by atoms with Crippen LogP contribution in [0.1, 0.15) is 55.9 Å². The number of alkyl carbamates (subject to hydrolysis) is 1. The monoisotopic (exact) mass is 481 g/mol. The van der Waals surface area contributed by atoms with Crippen molar-refractivity contribution in [3.05, 3.63) is 57.7 Å². The number of nitriles is 1. The summed E-state index contributed by atoms with van der Waals surface area (Å²) in [5, 5.41) is 13.0. The second-order valence-corrected chi connectivity index (χ2v) is 10.4. The Morgan fingerprint density at radius 1 is 1.21 bits per heavy atom. The summed E-state index contributed by atoms with van der Waals surface area (Å²) in [6.07, 6.45) is 2.05. The van der Waals surface area contributed by atoms with Crippen LogP contribution in [0.3, 0.4) is 0 Å². The number of fused-ring (bicyclic) bond motifs is 1. The Hall–Kier alpha value is -2.82. The van der Waals surface area contributed by atoms with Crippen molar-refractivity contribution in [2.75, 3.05) is 24.5 Å². The van der Waals surface area contributed by atoms with Gasteiger partial charge in [0.1, 0.15) is 22.6 Å². The SMILES string of the molecule is CC(C)(C)OC(=O)NC1CCN(c2nc(Cl)c(C#N)c3c2CCN(Cc2ccccc2)C3)CC1. The van der Waals surface area contributed by atoms with Gasteiger partial charge < -0.3 is 15.0 Å². The molecule has 1 aromatic carbocycles. The molecule has 1 aromatic heterocycles. The molecule has 180 valence electrons. The van der Waals surface area contributed by atoms with E-state index in [2.05, 4.69) is 38.3 Å². The molecule has 1 N–H and O–H groups in total. The fourth-order valence-corrected chi connectivity index (χ4v) is 4.93. The van der Waals surface area contributed by atoms with Crippen LogP contribution in [-0.2, 0) is 24.2 Å². The molecule has 2 aromatic rings. The van der Waals surface area contributed by atoms with E-state index in [0.29, 0.717) is 12.1 Å². The molecule has 0 radical (unpaired) electrons. The number of hydrogen-bond donors (Lipinski definition) is 1. The van der Waals surface area contributed by atoms with Crippen LogP contribution in [0.5, 0.6) is 0 Å². The second-order valence-electron chi connectivity index (χ2n) is 10.0. The number of piperidine rings is 1. The average molecular weight is 482 g/mol. The molecule has 3 heterocycles. The van der Waals surface area contributed by atoms with Gasteiger partial charge in [0, 0.05) is 44.3 Å². The minimum atomic E-state index is -0.513. The number of nitrogens with zero attached hydrogens (tertiary/aromatic N) is 4.